The predicted octanol–water partition coefficient (Wildman–Crippen LogP) is 3.74. The van der Waals surface area contributed by atoms with Gasteiger partial charge in [-0.1, -0.05) is 31.9 Å². The van der Waals surface area contributed by atoms with Gasteiger partial charge in [-0.3, -0.25) is 0 Å². The van der Waals surface area contributed by atoms with Crippen LogP contribution in [0.2, 0.25) is 0 Å². The fourth-order valence-electron chi connectivity index (χ4n) is 2.22. The van der Waals surface area contributed by atoms with Gasteiger partial charge in [-0.2, -0.15) is 0 Å². The molecule has 2 nitrogen and oxygen atoms in total. The third kappa shape index (κ3) is 2.52. The van der Waals surface area contributed by atoms with Crippen molar-refractivity contribution < 1.29 is 0 Å². The molecule has 0 unspecified atom stereocenters. The van der Waals surface area contributed by atoms with Gasteiger partial charge in [0, 0.05) is 22.1 Å². The zero-order chi connectivity index (χ0) is 12.3. The Balaban J connectivity index is 2.36. The quantitative estimate of drug-likeness (QED) is 0.618. The molecule has 0 aromatic heterocycles. The Kier molecular flexibility index (Phi) is 3.52. The molecule has 0 atom stereocenters. The van der Waals surface area contributed by atoms with Crippen molar-refractivity contribution in [2.45, 2.75) is 32.6 Å². The Morgan fingerprint density at radius 1 is 0.941 bits per heavy atom. The molecular weight excluding hydrogens is 208 g/mol. The SMILES string of the molecule is CCCCCc1cc(N)c2cccc(N)c2c1. The number of hydrogen-bond acceptors (Lipinski definition) is 2. The monoisotopic (exact) mass is 228 g/mol. The Labute approximate surface area is 103 Å². The number of rotatable bonds is 4. The van der Waals surface area contributed by atoms with Gasteiger partial charge in [-0.15, -0.1) is 0 Å². The Morgan fingerprint density at radius 3 is 2.53 bits per heavy atom. The second-order valence-electron chi connectivity index (χ2n) is 4.58. The van der Waals surface area contributed by atoms with E-state index >= 15 is 0 Å². The normalized spacial score (nSPS) is 10.9. The maximum Gasteiger partial charge on any atom is 0.0397 e. The first-order chi connectivity index (χ1) is 8.22. The summed E-state index contributed by atoms with van der Waals surface area (Å²) in [7, 11) is 0. The van der Waals surface area contributed by atoms with Gasteiger partial charge in [-0.25, -0.2) is 0 Å². The molecule has 2 aromatic carbocycles. The number of unbranched alkanes of at least 4 members (excludes halogenated alkanes) is 2. The molecular formula is C15H20N2. The maximum atomic E-state index is 6.07. The fraction of sp³-hybridized carbons (Fsp3) is 0.333. The summed E-state index contributed by atoms with van der Waals surface area (Å²) in [6.07, 6.45) is 4.81. The molecule has 17 heavy (non-hydrogen) atoms. The summed E-state index contributed by atoms with van der Waals surface area (Å²) >= 11 is 0. The van der Waals surface area contributed by atoms with Crippen molar-refractivity contribution in [1.29, 1.82) is 0 Å². The van der Waals surface area contributed by atoms with Gasteiger partial charge in [0.15, 0.2) is 0 Å². The van der Waals surface area contributed by atoms with Crippen molar-refractivity contribution in [2.75, 3.05) is 11.5 Å². The average molecular weight is 228 g/mol. The highest BCUT2D eigenvalue weighted by molar-refractivity contribution is 6.00. The van der Waals surface area contributed by atoms with Crippen LogP contribution in [0.3, 0.4) is 0 Å². The molecule has 0 aliphatic carbocycles. The van der Waals surface area contributed by atoms with Crippen molar-refractivity contribution in [1.82, 2.24) is 0 Å². The molecule has 2 heteroatoms. The van der Waals surface area contributed by atoms with Gasteiger partial charge >= 0.3 is 0 Å². The average Bonchev–Trinajstić information content (AvgIpc) is 2.31. The number of nitrogens with two attached hydrogens (primary N) is 2. The van der Waals surface area contributed by atoms with E-state index in [-0.39, 0.29) is 0 Å². The lowest BCUT2D eigenvalue weighted by atomic mass is 10.00. The highest BCUT2D eigenvalue weighted by Gasteiger charge is 2.04. The van der Waals surface area contributed by atoms with Crippen molar-refractivity contribution in [3.05, 3.63) is 35.9 Å². The van der Waals surface area contributed by atoms with Gasteiger partial charge in [0.05, 0.1) is 0 Å². The number of fused-ring (bicyclic) bond motifs is 1. The summed E-state index contributed by atoms with van der Waals surface area (Å²) in [5, 5.41) is 2.14. The molecule has 2 rings (SSSR count). The summed E-state index contributed by atoms with van der Waals surface area (Å²) in [4.78, 5) is 0. The number of nitrogen functional groups attached to an aromatic ring is 2. The van der Waals surface area contributed by atoms with Gasteiger partial charge in [0.25, 0.3) is 0 Å². The van der Waals surface area contributed by atoms with Crippen molar-refractivity contribution in [3.63, 3.8) is 0 Å². The van der Waals surface area contributed by atoms with E-state index in [2.05, 4.69) is 19.1 Å². The van der Waals surface area contributed by atoms with E-state index in [1.165, 1.54) is 24.8 Å². The lowest BCUT2D eigenvalue weighted by Crippen LogP contribution is -1.95. The van der Waals surface area contributed by atoms with Gasteiger partial charge in [-0.05, 0) is 36.6 Å². The predicted molar refractivity (Wildman–Crippen MR) is 76.0 cm³/mol. The van der Waals surface area contributed by atoms with Crippen LogP contribution >= 0.6 is 0 Å². The third-order valence-electron chi connectivity index (χ3n) is 3.19. The highest BCUT2D eigenvalue weighted by Crippen LogP contribution is 2.28. The van der Waals surface area contributed by atoms with Crippen molar-refractivity contribution in [3.8, 4) is 0 Å². The zero-order valence-electron chi connectivity index (χ0n) is 10.4. The number of hydrogen-bond donors (Lipinski definition) is 2. The Morgan fingerprint density at radius 2 is 1.76 bits per heavy atom. The molecule has 0 fully saturated rings. The molecule has 0 spiro atoms. The molecule has 0 radical (unpaired) electrons. The first-order valence-corrected chi connectivity index (χ1v) is 6.29. The van der Waals surface area contributed by atoms with E-state index in [1.54, 1.807) is 0 Å². The summed E-state index contributed by atoms with van der Waals surface area (Å²) in [6.45, 7) is 2.22. The zero-order valence-corrected chi connectivity index (χ0v) is 10.4. The first kappa shape index (κ1) is 11.8. The van der Waals surface area contributed by atoms with Crippen molar-refractivity contribution >= 4 is 22.1 Å². The second kappa shape index (κ2) is 5.09. The molecule has 0 amide bonds. The molecule has 0 saturated heterocycles. The minimum Gasteiger partial charge on any atom is -0.398 e. The molecule has 0 saturated carbocycles. The van der Waals surface area contributed by atoms with Crippen LogP contribution in [0.25, 0.3) is 10.8 Å². The highest BCUT2D eigenvalue weighted by atomic mass is 14.6. The standard InChI is InChI=1S/C15H20N2/c1-2-3-4-6-11-9-13-12(15(17)10-11)7-5-8-14(13)16/h5,7-10H,2-4,6,16-17H2,1H3. The van der Waals surface area contributed by atoms with E-state index in [0.29, 0.717) is 0 Å². The minimum atomic E-state index is 0.812. The fourth-order valence-corrected chi connectivity index (χ4v) is 2.22. The summed E-state index contributed by atoms with van der Waals surface area (Å²) < 4.78 is 0. The van der Waals surface area contributed by atoms with Crippen molar-refractivity contribution in [2.24, 2.45) is 0 Å². The van der Waals surface area contributed by atoms with Crippen LogP contribution < -0.4 is 11.5 Å². The number of anilines is 2. The molecule has 90 valence electrons. The topological polar surface area (TPSA) is 52.0 Å². The van der Waals surface area contributed by atoms with E-state index in [9.17, 15) is 0 Å². The van der Waals surface area contributed by atoms with Gasteiger partial charge < -0.3 is 11.5 Å². The summed E-state index contributed by atoms with van der Waals surface area (Å²) in [5.74, 6) is 0. The smallest absolute Gasteiger partial charge is 0.0397 e. The van der Waals surface area contributed by atoms with Crippen LogP contribution in [0.5, 0.6) is 0 Å². The number of aryl methyl sites for hydroxylation is 1. The van der Waals surface area contributed by atoms with Crippen LogP contribution in [0, 0.1) is 0 Å². The van der Waals surface area contributed by atoms with E-state index in [4.69, 9.17) is 11.5 Å². The molecule has 0 aliphatic rings. The van der Waals surface area contributed by atoms with Gasteiger partial charge in [0.1, 0.15) is 0 Å². The van der Waals surface area contributed by atoms with Crippen LogP contribution in [0.1, 0.15) is 31.7 Å². The van der Waals surface area contributed by atoms with Crippen LogP contribution in [0.4, 0.5) is 11.4 Å². The second-order valence-corrected chi connectivity index (χ2v) is 4.58. The third-order valence-corrected chi connectivity index (χ3v) is 3.19. The van der Waals surface area contributed by atoms with Crippen LogP contribution in [0.15, 0.2) is 30.3 Å². The first-order valence-electron chi connectivity index (χ1n) is 6.29. The summed E-state index contributed by atoms with van der Waals surface area (Å²) in [6, 6.07) is 10.2. The van der Waals surface area contributed by atoms with Crippen LogP contribution in [-0.2, 0) is 6.42 Å². The largest absolute Gasteiger partial charge is 0.398 e. The van der Waals surface area contributed by atoms with E-state index in [1.807, 2.05) is 18.2 Å². The van der Waals surface area contributed by atoms with E-state index in [0.717, 1.165) is 28.6 Å². The molecule has 0 bridgehead atoms. The summed E-state index contributed by atoms with van der Waals surface area (Å²) in [5.41, 5.74) is 15.0. The molecule has 2 aromatic rings. The lowest BCUT2D eigenvalue weighted by Gasteiger charge is -2.09. The number of benzene rings is 2. The lowest BCUT2D eigenvalue weighted by molar-refractivity contribution is 0.718. The van der Waals surface area contributed by atoms with Crippen LogP contribution in [-0.4, -0.2) is 0 Å². The Hall–Kier alpha value is -1.70. The minimum absolute atomic E-state index is 0.812. The van der Waals surface area contributed by atoms with Gasteiger partial charge in [0.2, 0.25) is 0 Å². The molecule has 0 heterocycles. The molecule has 4 N–H and O–H groups in total. The molecule has 0 aliphatic heterocycles. The Bertz CT molecular complexity index is 518. The maximum absolute atomic E-state index is 6.07. The van der Waals surface area contributed by atoms with E-state index < -0.39 is 0 Å².